The molecule has 0 saturated heterocycles. The van der Waals surface area contributed by atoms with E-state index in [0.717, 1.165) is 0 Å². The van der Waals surface area contributed by atoms with Crippen LogP contribution in [0.4, 0.5) is 4.79 Å². The number of carbonyl (C=O) groups is 1. The molecule has 1 heterocycles. The van der Waals surface area contributed by atoms with Gasteiger partial charge in [0.05, 0.1) is 6.54 Å². The Morgan fingerprint density at radius 3 is 3.08 bits per heavy atom. The molecule has 0 fully saturated rings. The Labute approximate surface area is 69.3 Å². The van der Waals surface area contributed by atoms with Crippen molar-refractivity contribution in [3.63, 3.8) is 0 Å². The molecule has 0 bridgehead atoms. The van der Waals surface area contributed by atoms with Gasteiger partial charge in [-0.05, 0) is 6.92 Å². The van der Waals surface area contributed by atoms with Crippen LogP contribution in [-0.4, -0.2) is 22.7 Å². The maximum atomic E-state index is 10.8. The number of carbonyl (C=O) groups excluding carboxylic acids is 1. The SMILES string of the molecule is CCNC(=O)NCc1ncon1. The summed E-state index contributed by atoms with van der Waals surface area (Å²) in [6.07, 6.45) is 1.22. The molecule has 1 aromatic heterocycles. The first-order valence-electron chi connectivity index (χ1n) is 3.60. The zero-order chi connectivity index (χ0) is 8.81. The number of aromatic nitrogens is 2. The van der Waals surface area contributed by atoms with Gasteiger partial charge < -0.3 is 15.2 Å². The van der Waals surface area contributed by atoms with Gasteiger partial charge >= 0.3 is 6.03 Å². The average molecular weight is 170 g/mol. The van der Waals surface area contributed by atoms with E-state index in [1.807, 2.05) is 6.92 Å². The second-order valence-corrected chi connectivity index (χ2v) is 2.06. The van der Waals surface area contributed by atoms with Crippen molar-refractivity contribution in [3.8, 4) is 0 Å². The molecule has 1 aromatic rings. The van der Waals surface area contributed by atoms with Crippen LogP contribution < -0.4 is 10.6 Å². The number of urea groups is 1. The molecule has 1 rings (SSSR count). The fourth-order valence-electron chi connectivity index (χ4n) is 0.653. The second kappa shape index (κ2) is 4.32. The predicted molar refractivity (Wildman–Crippen MR) is 40.2 cm³/mol. The lowest BCUT2D eigenvalue weighted by Crippen LogP contribution is -2.34. The van der Waals surface area contributed by atoms with Crippen molar-refractivity contribution in [2.75, 3.05) is 6.54 Å². The van der Waals surface area contributed by atoms with E-state index in [4.69, 9.17) is 0 Å². The number of rotatable bonds is 3. The first-order chi connectivity index (χ1) is 5.83. The molecular weight excluding hydrogens is 160 g/mol. The molecule has 6 heteroatoms. The van der Waals surface area contributed by atoms with E-state index in [1.165, 1.54) is 6.39 Å². The minimum Gasteiger partial charge on any atom is -0.343 e. The van der Waals surface area contributed by atoms with Gasteiger partial charge in [-0.25, -0.2) is 4.79 Å². The highest BCUT2D eigenvalue weighted by atomic mass is 16.5. The van der Waals surface area contributed by atoms with Crippen LogP contribution in [0.2, 0.25) is 0 Å². The van der Waals surface area contributed by atoms with Crippen LogP contribution in [0, 0.1) is 0 Å². The largest absolute Gasteiger partial charge is 0.343 e. The molecule has 0 aliphatic rings. The van der Waals surface area contributed by atoms with Crippen molar-refractivity contribution in [3.05, 3.63) is 12.2 Å². The molecule has 2 amide bonds. The van der Waals surface area contributed by atoms with Crippen LogP contribution in [0.25, 0.3) is 0 Å². The summed E-state index contributed by atoms with van der Waals surface area (Å²) in [5.41, 5.74) is 0. The van der Waals surface area contributed by atoms with Crippen molar-refractivity contribution < 1.29 is 9.32 Å². The van der Waals surface area contributed by atoms with Gasteiger partial charge in [0.1, 0.15) is 0 Å². The van der Waals surface area contributed by atoms with Crippen molar-refractivity contribution in [1.29, 1.82) is 0 Å². The fourth-order valence-corrected chi connectivity index (χ4v) is 0.653. The fraction of sp³-hybridized carbons (Fsp3) is 0.500. The van der Waals surface area contributed by atoms with Crippen LogP contribution in [-0.2, 0) is 6.54 Å². The summed E-state index contributed by atoms with van der Waals surface area (Å²) in [6.45, 7) is 2.72. The normalized spacial score (nSPS) is 9.42. The minimum absolute atomic E-state index is 0.234. The molecule has 12 heavy (non-hydrogen) atoms. The average Bonchev–Trinajstić information content (AvgIpc) is 2.53. The Balaban J connectivity index is 2.22. The molecule has 0 atom stereocenters. The lowest BCUT2D eigenvalue weighted by molar-refractivity contribution is 0.240. The first kappa shape index (κ1) is 8.51. The standard InChI is InChI=1S/C6H10N4O2/c1-2-7-6(11)8-3-5-9-4-12-10-5/h4H,2-3H2,1H3,(H2,7,8,11). The number of hydrogen-bond donors (Lipinski definition) is 2. The van der Waals surface area contributed by atoms with Crippen LogP contribution in [0.5, 0.6) is 0 Å². The summed E-state index contributed by atoms with van der Waals surface area (Å²) < 4.78 is 4.47. The third kappa shape index (κ3) is 2.57. The van der Waals surface area contributed by atoms with E-state index >= 15 is 0 Å². The van der Waals surface area contributed by atoms with Gasteiger partial charge in [0, 0.05) is 6.54 Å². The maximum Gasteiger partial charge on any atom is 0.315 e. The van der Waals surface area contributed by atoms with Crippen molar-refractivity contribution >= 4 is 6.03 Å². The van der Waals surface area contributed by atoms with Crippen molar-refractivity contribution in [2.24, 2.45) is 0 Å². The van der Waals surface area contributed by atoms with Gasteiger partial charge in [-0.1, -0.05) is 5.16 Å². The van der Waals surface area contributed by atoms with Crippen LogP contribution in [0.1, 0.15) is 12.7 Å². The lowest BCUT2D eigenvalue weighted by Gasteiger charge is -2.01. The molecule has 0 spiro atoms. The Morgan fingerprint density at radius 1 is 1.67 bits per heavy atom. The third-order valence-electron chi connectivity index (χ3n) is 1.15. The molecule has 0 unspecified atom stereocenters. The second-order valence-electron chi connectivity index (χ2n) is 2.06. The maximum absolute atomic E-state index is 10.8. The quantitative estimate of drug-likeness (QED) is 0.663. The van der Waals surface area contributed by atoms with Gasteiger partial charge in [0.15, 0.2) is 5.82 Å². The minimum atomic E-state index is -0.234. The molecule has 0 aromatic carbocycles. The highest BCUT2D eigenvalue weighted by molar-refractivity contribution is 5.73. The van der Waals surface area contributed by atoms with E-state index in [2.05, 4.69) is 25.3 Å². The number of nitrogens with one attached hydrogen (secondary N) is 2. The van der Waals surface area contributed by atoms with E-state index in [0.29, 0.717) is 12.4 Å². The summed E-state index contributed by atoms with van der Waals surface area (Å²) in [5.74, 6) is 0.459. The number of nitrogens with zero attached hydrogens (tertiary/aromatic N) is 2. The summed E-state index contributed by atoms with van der Waals surface area (Å²) in [4.78, 5) is 14.6. The zero-order valence-electron chi connectivity index (χ0n) is 6.70. The highest BCUT2D eigenvalue weighted by Crippen LogP contribution is 1.85. The number of hydrogen-bond acceptors (Lipinski definition) is 4. The molecule has 0 radical (unpaired) electrons. The molecule has 2 N–H and O–H groups in total. The molecule has 66 valence electrons. The van der Waals surface area contributed by atoms with Crippen molar-refractivity contribution in [2.45, 2.75) is 13.5 Å². The summed E-state index contributed by atoms with van der Waals surface area (Å²) in [5, 5.41) is 8.64. The predicted octanol–water partition coefficient (Wildman–Crippen LogP) is -0.111. The summed E-state index contributed by atoms with van der Waals surface area (Å²) in [6, 6.07) is -0.234. The monoisotopic (exact) mass is 170 g/mol. The van der Waals surface area contributed by atoms with Crippen LogP contribution >= 0.6 is 0 Å². The number of amides is 2. The van der Waals surface area contributed by atoms with Crippen molar-refractivity contribution in [1.82, 2.24) is 20.8 Å². The molecule has 6 nitrogen and oxygen atoms in total. The van der Waals surface area contributed by atoms with E-state index in [1.54, 1.807) is 0 Å². The molecule has 0 saturated carbocycles. The van der Waals surface area contributed by atoms with Crippen LogP contribution in [0.15, 0.2) is 10.9 Å². The topological polar surface area (TPSA) is 80.0 Å². The van der Waals surface area contributed by atoms with Crippen LogP contribution in [0.3, 0.4) is 0 Å². The molecule has 0 aliphatic carbocycles. The summed E-state index contributed by atoms with van der Waals surface area (Å²) >= 11 is 0. The lowest BCUT2D eigenvalue weighted by atomic mass is 10.6. The van der Waals surface area contributed by atoms with E-state index in [9.17, 15) is 4.79 Å². The van der Waals surface area contributed by atoms with Gasteiger partial charge in [0.25, 0.3) is 0 Å². The summed E-state index contributed by atoms with van der Waals surface area (Å²) in [7, 11) is 0. The van der Waals surface area contributed by atoms with E-state index < -0.39 is 0 Å². The van der Waals surface area contributed by atoms with Gasteiger partial charge in [0.2, 0.25) is 6.39 Å². The Kier molecular flexibility index (Phi) is 3.06. The highest BCUT2D eigenvalue weighted by Gasteiger charge is 2.00. The smallest absolute Gasteiger partial charge is 0.315 e. The molecular formula is C6H10N4O2. The third-order valence-corrected chi connectivity index (χ3v) is 1.15. The first-order valence-corrected chi connectivity index (χ1v) is 3.60. The van der Waals surface area contributed by atoms with Gasteiger partial charge in [-0.15, -0.1) is 0 Å². The van der Waals surface area contributed by atoms with Gasteiger partial charge in [-0.3, -0.25) is 0 Å². The Bertz CT molecular complexity index is 234. The Hall–Kier alpha value is -1.59. The Morgan fingerprint density at radius 2 is 2.50 bits per heavy atom. The molecule has 0 aliphatic heterocycles. The van der Waals surface area contributed by atoms with Gasteiger partial charge in [-0.2, -0.15) is 4.98 Å². The van der Waals surface area contributed by atoms with E-state index in [-0.39, 0.29) is 12.6 Å². The zero-order valence-corrected chi connectivity index (χ0v) is 6.70.